The third kappa shape index (κ3) is 9.31. The predicted octanol–water partition coefficient (Wildman–Crippen LogP) is 7.66. The standard InChI is InChI=1S/C21H25N3.2C2H6/c1-5-16(3)10-12-18(6-2)20-14-15-22-21(24-20)23-19-9-7-8-17(4)11-13-19;2*1-2/h5-7,9,11-15H,2,8,10H2,1,3-4H3,(H,22,23,24);2*1-2H3/b16-5?,18-12+;;. The van der Waals surface area contributed by atoms with Gasteiger partial charge in [-0.05, 0) is 57.4 Å². The first-order valence-corrected chi connectivity index (χ1v) is 10.2. The Bertz CT molecular complexity index is 747. The van der Waals surface area contributed by atoms with Crippen LogP contribution in [0.5, 0.6) is 0 Å². The molecule has 0 atom stereocenters. The average Bonchev–Trinajstić information content (AvgIpc) is 2.95. The normalized spacial score (nSPS) is 13.7. The van der Waals surface area contributed by atoms with Gasteiger partial charge in [0, 0.05) is 11.9 Å². The first-order chi connectivity index (χ1) is 13.6. The van der Waals surface area contributed by atoms with Crippen LogP contribution >= 0.6 is 0 Å². The van der Waals surface area contributed by atoms with Crippen molar-refractivity contribution < 1.29 is 0 Å². The van der Waals surface area contributed by atoms with Crippen LogP contribution in [-0.2, 0) is 0 Å². The lowest BCUT2D eigenvalue weighted by Gasteiger charge is -2.07. The van der Waals surface area contributed by atoms with Crippen molar-refractivity contribution in [2.24, 2.45) is 0 Å². The van der Waals surface area contributed by atoms with Gasteiger partial charge in [-0.1, -0.05) is 75.8 Å². The highest BCUT2D eigenvalue weighted by Crippen LogP contribution is 2.18. The summed E-state index contributed by atoms with van der Waals surface area (Å²) in [4.78, 5) is 8.94. The highest BCUT2D eigenvalue weighted by molar-refractivity contribution is 5.71. The third-order valence-corrected chi connectivity index (χ3v) is 3.85. The monoisotopic (exact) mass is 379 g/mol. The van der Waals surface area contributed by atoms with Crippen molar-refractivity contribution in [1.29, 1.82) is 0 Å². The van der Waals surface area contributed by atoms with E-state index in [9.17, 15) is 0 Å². The molecule has 0 aliphatic heterocycles. The molecule has 3 nitrogen and oxygen atoms in total. The van der Waals surface area contributed by atoms with Crippen LogP contribution in [0.15, 0.2) is 78.2 Å². The van der Waals surface area contributed by atoms with E-state index in [4.69, 9.17) is 0 Å². The van der Waals surface area contributed by atoms with Gasteiger partial charge in [-0.25, -0.2) is 9.97 Å². The maximum atomic E-state index is 4.61. The lowest BCUT2D eigenvalue weighted by Crippen LogP contribution is -2.03. The zero-order valence-electron chi connectivity index (χ0n) is 18.7. The Hall–Kier alpha value is -2.68. The molecule has 0 bridgehead atoms. The molecule has 28 heavy (non-hydrogen) atoms. The Morgan fingerprint density at radius 3 is 2.57 bits per heavy atom. The SMILES string of the molecule is C=C/C(=C\CC(C)=CC)c1ccnc(NC2=CC=C(C)CC=C2)n1.CC.CC. The molecule has 0 saturated carbocycles. The predicted molar refractivity (Wildman–Crippen MR) is 126 cm³/mol. The van der Waals surface area contributed by atoms with Gasteiger partial charge >= 0.3 is 0 Å². The lowest BCUT2D eigenvalue weighted by molar-refractivity contribution is 1.13. The van der Waals surface area contributed by atoms with Gasteiger partial charge in [0.2, 0.25) is 5.95 Å². The van der Waals surface area contributed by atoms with Crippen molar-refractivity contribution >= 4 is 11.5 Å². The van der Waals surface area contributed by atoms with Gasteiger partial charge in [-0.3, -0.25) is 0 Å². The highest BCUT2D eigenvalue weighted by atomic mass is 15.1. The number of anilines is 1. The van der Waals surface area contributed by atoms with E-state index in [0.717, 1.165) is 29.8 Å². The zero-order valence-corrected chi connectivity index (χ0v) is 18.7. The van der Waals surface area contributed by atoms with E-state index in [1.54, 1.807) is 6.20 Å². The van der Waals surface area contributed by atoms with Gasteiger partial charge in [0.15, 0.2) is 0 Å². The average molecular weight is 380 g/mol. The Morgan fingerprint density at radius 1 is 1.21 bits per heavy atom. The van der Waals surface area contributed by atoms with Crippen molar-refractivity contribution in [3.8, 4) is 0 Å². The molecule has 1 aromatic rings. The molecule has 0 aromatic carbocycles. The molecule has 2 rings (SSSR count). The summed E-state index contributed by atoms with van der Waals surface area (Å²) in [5.74, 6) is 0.590. The molecular formula is C25H37N3. The van der Waals surface area contributed by atoms with Crippen LogP contribution in [-0.4, -0.2) is 9.97 Å². The summed E-state index contributed by atoms with van der Waals surface area (Å²) in [5, 5.41) is 3.27. The number of allylic oxidation sites excluding steroid dienone is 10. The molecule has 0 saturated heterocycles. The van der Waals surface area contributed by atoms with E-state index in [1.165, 1.54) is 11.1 Å². The number of nitrogens with zero attached hydrogens (tertiary/aromatic N) is 2. The molecule has 3 heteroatoms. The third-order valence-electron chi connectivity index (χ3n) is 3.85. The van der Waals surface area contributed by atoms with Crippen molar-refractivity contribution in [3.05, 3.63) is 83.9 Å². The molecule has 1 heterocycles. The Morgan fingerprint density at radius 2 is 1.93 bits per heavy atom. The van der Waals surface area contributed by atoms with Crippen molar-refractivity contribution in [3.63, 3.8) is 0 Å². The summed E-state index contributed by atoms with van der Waals surface area (Å²) >= 11 is 0. The van der Waals surface area contributed by atoms with Gasteiger partial charge in [-0.2, -0.15) is 0 Å². The molecule has 1 aliphatic rings. The first kappa shape index (κ1) is 25.3. The molecule has 0 fully saturated rings. The molecule has 0 spiro atoms. The minimum absolute atomic E-state index is 0.590. The topological polar surface area (TPSA) is 37.8 Å². The molecule has 1 aromatic heterocycles. The Labute approximate surface area is 172 Å². The quantitative estimate of drug-likeness (QED) is 0.407. The van der Waals surface area contributed by atoms with Crippen LogP contribution in [0.25, 0.3) is 5.57 Å². The maximum absolute atomic E-state index is 4.61. The van der Waals surface area contributed by atoms with E-state index < -0.39 is 0 Å². The van der Waals surface area contributed by atoms with E-state index in [-0.39, 0.29) is 0 Å². The number of aromatic nitrogens is 2. The second-order valence-electron chi connectivity index (χ2n) is 5.83. The molecular weight excluding hydrogens is 342 g/mol. The van der Waals surface area contributed by atoms with Crippen molar-refractivity contribution in [2.45, 2.75) is 61.3 Å². The van der Waals surface area contributed by atoms with E-state index >= 15 is 0 Å². The number of rotatable bonds is 6. The smallest absolute Gasteiger partial charge is 0.227 e. The molecule has 0 radical (unpaired) electrons. The summed E-state index contributed by atoms with van der Waals surface area (Å²) in [6.07, 6.45) is 18.1. The Balaban J connectivity index is 0.00000171. The fourth-order valence-electron chi connectivity index (χ4n) is 2.20. The number of hydrogen-bond donors (Lipinski definition) is 1. The van der Waals surface area contributed by atoms with Crippen LogP contribution in [0.3, 0.4) is 0 Å². The van der Waals surface area contributed by atoms with Gasteiger partial charge in [0.05, 0.1) is 5.69 Å². The second-order valence-corrected chi connectivity index (χ2v) is 5.83. The van der Waals surface area contributed by atoms with Crippen LogP contribution in [0, 0.1) is 0 Å². The molecule has 1 N–H and O–H groups in total. The summed E-state index contributed by atoms with van der Waals surface area (Å²) in [7, 11) is 0. The van der Waals surface area contributed by atoms with Crippen LogP contribution in [0.1, 0.15) is 67.0 Å². The van der Waals surface area contributed by atoms with Gasteiger partial charge in [0.1, 0.15) is 0 Å². The second kappa shape index (κ2) is 15.4. The minimum Gasteiger partial charge on any atom is -0.324 e. The number of nitrogens with one attached hydrogen (secondary N) is 1. The zero-order chi connectivity index (χ0) is 21.4. The molecule has 1 aliphatic carbocycles. The summed E-state index contributed by atoms with van der Waals surface area (Å²) in [6, 6.07) is 1.91. The van der Waals surface area contributed by atoms with Crippen LogP contribution < -0.4 is 5.32 Å². The van der Waals surface area contributed by atoms with Gasteiger partial charge < -0.3 is 5.32 Å². The minimum atomic E-state index is 0.590. The lowest BCUT2D eigenvalue weighted by atomic mass is 10.1. The van der Waals surface area contributed by atoms with Gasteiger partial charge in [-0.15, -0.1) is 0 Å². The highest BCUT2D eigenvalue weighted by Gasteiger charge is 2.04. The molecule has 0 unspecified atom stereocenters. The van der Waals surface area contributed by atoms with E-state index in [2.05, 4.69) is 72.2 Å². The van der Waals surface area contributed by atoms with Crippen molar-refractivity contribution in [2.75, 3.05) is 5.32 Å². The summed E-state index contributed by atoms with van der Waals surface area (Å²) < 4.78 is 0. The summed E-state index contributed by atoms with van der Waals surface area (Å²) in [5.41, 5.74) is 5.52. The van der Waals surface area contributed by atoms with Crippen LogP contribution in [0.4, 0.5) is 5.95 Å². The molecule has 0 amide bonds. The van der Waals surface area contributed by atoms with Crippen molar-refractivity contribution in [1.82, 2.24) is 9.97 Å². The number of hydrogen-bond acceptors (Lipinski definition) is 3. The van der Waals surface area contributed by atoms with Crippen LogP contribution in [0.2, 0.25) is 0 Å². The van der Waals surface area contributed by atoms with Gasteiger partial charge in [0.25, 0.3) is 0 Å². The van der Waals surface area contributed by atoms with E-state index in [0.29, 0.717) is 5.95 Å². The first-order valence-electron chi connectivity index (χ1n) is 10.2. The summed E-state index contributed by atoms with van der Waals surface area (Å²) in [6.45, 7) is 18.2. The maximum Gasteiger partial charge on any atom is 0.227 e. The molecule has 152 valence electrons. The Kier molecular flexibility index (Phi) is 13.9. The fraction of sp³-hybridized carbons (Fsp3) is 0.360. The van der Waals surface area contributed by atoms with E-state index in [1.807, 2.05) is 46.8 Å². The fourth-order valence-corrected chi connectivity index (χ4v) is 2.20. The largest absolute Gasteiger partial charge is 0.324 e.